The van der Waals surface area contributed by atoms with Gasteiger partial charge in [-0.05, 0) is 56.5 Å². The first-order valence-electron chi connectivity index (χ1n) is 13.0. The molecule has 1 fully saturated rings. The molecule has 1 saturated heterocycles. The quantitative estimate of drug-likeness (QED) is 0.451. The lowest BCUT2D eigenvalue weighted by molar-refractivity contribution is 0.224. The number of piperazine rings is 1. The van der Waals surface area contributed by atoms with Crippen LogP contribution in [0, 0.1) is 12.8 Å². The second-order valence-corrected chi connectivity index (χ2v) is 10.4. The van der Waals surface area contributed by atoms with E-state index in [1.54, 1.807) is 10.8 Å². The summed E-state index contributed by atoms with van der Waals surface area (Å²) in [4.78, 5) is 30.5. The van der Waals surface area contributed by atoms with Crippen molar-refractivity contribution in [2.75, 3.05) is 42.9 Å². The summed E-state index contributed by atoms with van der Waals surface area (Å²) in [5.74, 6) is 0.326. The lowest BCUT2D eigenvalue weighted by Gasteiger charge is -2.41. The molecule has 3 aromatic rings. The van der Waals surface area contributed by atoms with Crippen LogP contribution in [0.15, 0.2) is 59.5 Å². The highest BCUT2D eigenvalue weighted by Crippen LogP contribution is 2.22. The van der Waals surface area contributed by atoms with Gasteiger partial charge in [0.1, 0.15) is 0 Å². The highest BCUT2D eigenvalue weighted by Gasteiger charge is 2.23. The molecular formula is C29H39N5O2. The predicted molar refractivity (Wildman–Crippen MR) is 149 cm³/mol. The molecule has 7 heteroatoms. The number of aromatic nitrogens is 1. The fourth-order valence-corrected chi connectivity index (χ4v) is 5.07. The Morgan fingerprint density at radius 2 is 1.86 bits per heavy atom. The van der Waals surface area contributed by atoms with E-state index in [-0.39, 0.29) is 11.6 Å². The molecule has 192 valence electrons. The summed E-state index contributed by atoms with van der Waals surface area (Å²) in [6, 6.07) is 16.4. The van der Waals surface area contributed by atoms with Crippen molar-refractivity contribution in [3.05, 3.63) is 70.6 Å². The molecular weight excluding hydrogens is 450 g/mol. The molecule has 2 amide bonds. The summed E-state index contributed by atoms with van der Waals surface area (Å²) < 4.78 is 1.69. The summed E-state index contributed by atoms with van der Waals surface area (Å²) in [6.45, 7) is 13.8. The van der Waals surface area contributed by atoms with Gasteiger partial charge in [-0.3, -0.25) is 9.69 Å². The number of nitrogens with zero attached hydrogens (tertiary/aromatic N) is 3. The zero-order chi connectivity index (χ0) is 25.7. The molecule has 7 nitrogen and oxygen atoms in total. The molecule has 1 aliphatic rings. The Kier molecular flexibility index (Phi) is 8.31. The van der Waals surface area contributed by atoms with E-state index in [2.05, 4.69) is 72.4 Å². The van der Waals surface area contributed by atoms with Crippen molar-refractivity contribution in [3.63, 3.8) is 0 Å². The molecule has 2 aromatic carbocycles. The summed E-state index contributed by atoms with van der Waals surface area (Å²) >= 11 is 0. The van der Waals surface area contributed by atoms with Crippen LogP contribution in [0.5, 0.6) is 0 Å². The van der Waals surface area contributed by atoms with Crippen LogP contribution in [0.4, 0.5) is 16.2 Å². The zero-order valence-electron chi connectivity index (χ0n) is 22.0. The van der Waals surface area contributed by atoms with Crippen LogP contribution < -0.4 is 21.1 Å². The Bertz CT molecular complexity index is 1250. The summed E-state index contributed by atoms with van der Waals surface area (Å²) in [5.41, 5.74) is 3.22. The fraction of sp³-hybridized carbons (Fsp3) is 0.448. The van der Waals surface area contributed by atoms with Crippen molar-refractivity contribution in [3.8, 4) is 0 Å². The lowest BCUT2D eigenvalue weighted by Crippen LogP contribution is -2.52. The van der Waals surface area contributed by atoms with E-state index in [1.165, 1.54) is 11.3 Å². The van der Waals surface area contributed by atoms with Gasteiger partial charge in [-0.2, -0.15) is 0 Å². The van der Waals surface area contributed by atoms with E-state index < -0.39 is 0 Å². The van der Waals surface area contributed by atoms with E-state index in [0.29, 0.717) is 36.1 Å². The second kappa shape index (κ2) is 11.6. The SMILES string of the molecule is Cc1cccc(N2CCN(CCCNC(=O)Nc3cn(CC(C)C)c(=O)c4ccccc34)CC2C)c1. The molecule has 0 spiro atoms. The fourth-order valence-electron chi connectivity index (χ4n) is 5.07. The first-order valence-corrected chi connectivity index (χ1v) is 13.0. The first kappa shape index (κ1) is 25.8. The van der Waals surface area contributed by atoms with Crippen molar-refractivity contribution in [2.24, 2.45) is 5.92 Å². The number of carbonyl (C=O) groups is 1. The van der Waals surface area contributed by atoms with Crippen molar-refractivity contribution in [1.29, 1.82) is 0 Å². The van der Waals surface area contributed by atoms with Crippen molar-refractivity contribution in [2.45, 2.75) is 46.7 Å². The monoisotopic (exact) mass is 489 g/mol. The number of pyridine rings is 1. The molecule has 1 unspecified atom stereocenters. The van der Waals surface area contributed by atoms with Gasteiger partial charge in [-0.25, -0.2) is 4.79 Å². The van der Waals surface area contributed by atoms with Crippen LogP contribution >= 0.6 is 0 Å². The number of benzene rings is 2. The summed E-state index contributed by atoms with van der Waals surface area (Å²) in [6.07, 6.45) is 2.65. The number of nitrogens with one attached hydrogen (secondary N) is 2. The normalized spacial score (nSPS) is 16.5. The van der Waals surface area contributed by atoms with E-state index in [4.69, 9.17) is 0 Å². The average molecular weight is 490 g/mol. The number of rotatable bonds is 8. The molecule has 1 aliphatic heterocycles. The highest BCUT2D eigenvalue weighted by molar-refractivity contribution is 6.00. The van der Waals surface area contributed by atoms with Crippen LogP contribution in [-0.4, -0.2) is 54.3 Å². The molecule has 4 rings (SSSR count). The Labute approximate surface area is 214 Å². The Balaban J connectivity index is 1.28. The van der Waals surface area contributed by atoms with Crippen LogP contribution in [0.25, 0.3) is 10.8 Å². The smallest absolute Gasteiger partial charge is 0.319 e. The van der Waals surface area contributed by atoms with Crippen LogP contribution in [0.3, 0.4) is 0 Å². The maximum atomic E-state index is 12.8. The van der Waals surface area contributed by atoms with Crippen LogP contribution in [0.1, 0.15) is 32.8 Å². The first-order chi connectivity index (χ1) is 17.3. The standard InChI is InChI=1S/C29H39N5O2/c1-21(2)18-33-20-27(25-11-5-6-12-26(25)28(33)35)31-29(36)30-13-8-14-32-15-16-34(23(4)19-32)24-10-7-9-22(3)17-24/h5-7,9-12,17,20-21,23H,8,13-16,18-19H2,1-4H3,(H2,30,31,36). The van der Waals surface area contributed by atoms with Gasteiger partial charge >= 0.3 is 6.03 Å². The molecule has 0 saturated carbocycles. The van der Waals surface area contributed by atoms with E-state index in [9.17, 15) is 9.59 Å². The molecule has 0 aliphatic carbocycles. The van der Waals surface area contributed by atoms with E-state index >= 15 is 0 Å². The van der Waals surface area contributed by atoms with E-state index in [1.807, 2.05) is 24.3 Å². The largest absolute Gasteiger partial charge is 0.366 e. The highest BCUT2D eigenvalue weighted by atomic mass is 16.2. The van der Waals surface area contributed by atoms with Crippen molar-refractivity contribution in [1.82, 2.24) is 14.8 Å². The number of hydrogen-bond donors (Lipinski definition) is 2. The summed E-state index contributed by atoms with van der Waals surface area (Å²) in [7, 11) is 0. The Hall–Kier alpha value is -3.32. The molecule has 1 atom stereocenters. The third-order valence-electron chi connectivity index (χ3n) is 6.79. The average Bonchev–Trinajstić information content (AvgIpc) is 2.84. The minimum Gasteiger partial charge on any atom is -0.366 e. The number of fused-ring (bicyclic) bond motifs is 1. The topological polar surface area (TPSA) is 69.6 Å². The summed E-state index contributed by atoms with van der Waals surface area (Å²) in [5, 5.41) is 7.34. The van der Waals surface area contributed by atoms with Gasteiger partial charge in [0.25, 0.3) is 5.56 Å². The predicted octanol–water partition coefficient (Wildman–Crippen LogP) is 4.69. The van der Waals surface area contributed by atoms with Gasteiger partial charge in [0, 0.05) is 61.4 Å². The third-order valence-corrected chi connectivity index (χ3v) is 6.79. The van der Waals surface area contributed by atoms with Gasteiger partial charge in [0.2, 0.25) is 0 Å². The molecule has 2 heterocycles. The number of urea groups is 1. The Morgan fingerprint density at radius 1 is 1.08 bits per heavy atom. The molecule has 36 heavy (non-hydrogen) atoms. The van der Waals surface area contributed by atoms with Gasteiger partial charge in [0.05, 0.1) is 5.69 Å². The third kappa shape index (κ3) is 6.26. The van der Waals surface area contributed by atoms with Gasteiger partial charge < -0.3 is 20.1 Å². The minimum absolute atomic E-state index is 0.0259. The van der Waals surface area contributed by atoms with Crippen molar-refractivity contribution >= 4 is 28.2 Å². The van der Waals surface area contributed by atoms with Crippen LogP contribution in [-0.2, 0) is 6.54 Å². The number of carbonyl (C=O) groups excluding carboxylic acids is 1. The van der Waals surface area contributed by atoms with Crippen molar-refractivity contribution < 1.29 is 4.79 Å². The number of aryl methyl sites for hydroxylation is 1. The second-order valence-electron chi connectivity index (χ2n) is 10.4. The minimum atomic E-state index is -0.243. The maximum absolute atomic E-state index is 12.8. The van der Waals surface area contributed by atoms with Gasteiger partial charge in [-0.1, -0.05) is 44.2 Å². The lowest BCUT2D eigenvalue weighted by atomic mass is 10.1. The van der Waals surface area contributed by atoms with Gasteiger partial charge in [-0.15, -0.1) is 0 Å². The number of anilines is 2. The molecule has 2 N–H and O–H groups in total. The maximum Gasteiger partial charge on any atom is 0.319 e. The number of amides is 2. The molecule has 1 aromatic heterocycles. The van der Waals surface area contributed by atoms with Crippen LogP contribution in [0.2, 0.25) is 0 Å². The zero-order valence-corrected chi connectivity index (χ0v) is 22.0. The Morgan fingerprint density at radius 3 is 2.58 bits per heavy atom. The molecule has 0 bridgehead atoms. The molecule has 0 radical (unpaired) electrons. The van der Waals surface area contributed by atoms with E-state index in [0.717, 1.165) is 38.0 Å². The van der Waals surface area contributed by atoms with Gasteiger partial charge in [0.15, 0.2) is 0 Å². The number of hydrogen-bond acceptors (Lipinski definition) is 4.